The average molecular weight is 220 g/mol. The first kappa shape index (κ1) is 6.79. The predicted molar refractivity (Wildman–Crippen MR) is 18.6 cm³/mol. The van der Waals surface area contributed by atoms with Gasteiger partial charge < -0.3 is 0 Å². The van der Waals surface area contributed by atoms with Crippen molar-refractivity contribution in [1.29, 1.82) is 0 Å². The summed E-state index contributed by atoms with van der Waals surface area (Å²) in [4.78, 5) is 0. The Morgan fingerprint density at radius 3 is 2.50 bits per heavy atom. The number of H-pyrrole nitrogens is 1. The van der Waals surface area contributed by atoms with Crippen LogP contribution in [0.5, 0.6) is 0 Å². The first-order chi connectivity index (χ1) is 2.50. The standard InChI is InChI=1S/C3H4N2.Eu/c1-2-4-5-3-1;/h1-3H,(H,4,5);. The molecule has 0 fully saturated rings. The number of aromatic nitrogens is 2. The maximum absolute atomic E-state index is 3.60. The molecule has 0 unspecified atom stereocenters. The molecule has 1 radical (unpaired) electrons. The average Bonchev–Trinajstić information content (AvgIpc) is 1.76. The monoisotopic (exact) mass is 221 g/mol. The van der Waals surface area contributed by atoms with E-state index in [1.54, 1.807) is 12.4 Å². The molecule has 6 heavy (non-hydrogen) atoms. The van der Waals surface area contributed by atoms with Crippen LogP contribution in [0.3, 0.4) is 0 Å². The van der Waals surface area contributed by atoms with Crippen LogP contribution in [0.2, 0.25) is 0 Å². The van der Waals surface area contributed by atoms with Gasteiger partial charge in [0.25, 0.3) is 0 Å². The minimum absolute atomic E-state index is 0. The molecule has 1 rings (SSSR count). The van der Waals surface area contributed by atoms with Gasteiger partial charge in [-0.15, -0.1) is 0 Å². The number of nitrogens with zero attached hydrogens (tertiary/aromatic N) is 1. The Morgan fingerprint density at radius 1 is 1.50 bits per heavy atom. The maximum Gasteiger partial charge on any atom is 0.0487 e. The summed E-state index contributed by atoms with van der Waals surface area (Å²) >= 11 is 0. The third kappa shape index (κ3) is 2.06. The van der Waals surface area contributed by atoms with Gasteiger partial charge >= 0.3 is 0 Å². The van der Waals surface area contributed by atoms with Crippen LogP contribution in [-0.4, -0.2) is 10.2 Å². The molecule has 3 heteroatoms. The minimum atomic E-state index is 0. The Labute approximate surface area is 76.9 Å². The Kier molecular flexibility index (Phi) is 4.49. The van der Waals surface area contributed by atoms with E-state index in [4.69, 9.17) is 0 Å². The van der Waals surface area contributed by atoms with Crippen molar-refractivity contribution in [1.82, 2.24) is 10.2 Å². The molecular formula is C3H4EuN2. The molecule has 2 nitrogen and oxygen atoms in total. The van der Waals surface area contributed by atoms with Gasteiger partial charge in [0.15, 0.2) is 0 Å². The van der Waals surface area contributed by atoms with E-state index >= 15 is 0 Å². The summed E-state index contributed by atoms with van der Waals surface area (Å²) in [6, 6.07) is 1.83. The van der Waals surface area contributed by atoms with Gasteiger partial charge in [0, 0.05) is 61.8 Å². The van der Waals surface area contributed by atoms with Crippen LogP contribution in [-0.2, 0) is 0 Å². The van der Waals surface area contributed by atoms with Gasteiger partial charge in [-0.1, -0.05) is 0 Å². The van der Waals surface area contributed by atoms with E-state index in [-0.39, 0.29) is 49.4 Å². The van der Waals surface area contributed by atoms with Crippen molar-refractivity contribution < 1.29 is 49.4 Å². The van der Waals surface area contributed by atoms with Crippen LogP contribution >= 0.6 is 0 Å². The smallest absolute Gasteiger partial charge is 0.0487 e. The third-order valence-electron chi connectivity index (χ3n) is 0.406. The van der Waals surface area contributed by atoms with E-state index in [2.05, 4.69) is 10.2 Å². The molecule has 0 atom stereocenters. The summed E-state index contributed by atoms with van der Waals surface area (Å²) in [6.45, 7) is 0. The Hall–Kier alpha value is 0.794. The Balaban J connectivity index is 0.000000250. The molecule has 0 saturated carbocycles. The third-order valence-corrected chi connectivity index (χ3v) is 0.406. The summed E-state index contributed by atoms with van der Waals surface area (Å²) in [5, 5.41) is 6.21. The zero-order chi connectivity index (χ0) is 3.54. The minimum Gasteiger partial charge on any atom is -0.286 e. The predicted octanol–water partition coefficient (Wildman–Crippen LogP) is 0.410. The zero-order valence-corrected chi connectivity index (χ0v) is 5.48. The van der Waals surface area contributed by atoms with E-state index in [1.165, 1.54) is 0 Å². The maximum atomic E-state index is 3.60. The second kappa shape index (κ2) is 3.97. The first-order valence-corrected chi connectivity index (χ1v) is 1.44. The van der Waals surface area contributed by atoms with Crippen molar-refractivity contribution >= 4 is 0 Å². The van der Waals surface area contributed by atoms with Crippen LogP contribution in [0, 0.1) is 49.4 Å². The van der Waals surface area contributed by atoms with Crippen LogP contribution in [0.1, 0.15) is 0 Å². The van der Waals surface area contributed by atoms with E-state index in [1.807, 2.05) is 6.07 Å². The molecule has 0 saturated heterocycles. The van der Waals surface area contributed by atoms with Crippen LogP contribution in [0.4, 0.5) is 0 Å². The zero-order valence-electron chi connectivity index (χ0n) is 3.06. The molecule has 1 aromatic heterocycles. The van der Waals surface area contributed by atoms with Crippen molar-refractivity contribution in [3.05, 3.63) is 18.5 Å². The molecule has 0 amide bonds. The van der Waals surface area contributed by atoms with E-state index in [0.717, 1.165) is 0 Å². The second-order valence-electron chi connectivity index (χ2n) is 0.766. The molecule has 0 aromatic carbocycles. The summed E-state index contributed by atoms with van der Waals surface area (Å²) < 4.78 is 0. The molecule has 0 spiro atoms. The normalized spacial score (nSPS) is 6.67. The van der Waals surface area contributed by atoms with E-state index in [0.29, 0.717) is 0 Å². The summed E-state index contributed by atoms with van der Waals surface area (Å²) in [5.74, 6) is 0. The number of rotatable bonds is 0. The molecule has 1 N–H and O–H groups in total. The van der Waals surface area contributed by atoms with Gasteiger partial charge in [0.2, 0.25) is 0 Å². The fourth-order valence-electron chi connectivity index (χ4n) is 0.215. The number of nitrogens with one attached hydrogen (secondary N) is 1. The second-order valence-corrected chi connectivity index (χ2v) is 0.766. The van der Waals surface area contributed by atoms with Crippen molar-refractivity contribution in [2.24, 2.45) is 0 Å². The van der Waals surface area contributed by atoms with Gasteiger partial charge in [-0.3, -0.25) is 5.10 Å². The molecule has 0 aliphatic heterocycles. The Morgan fingerprint density at radius 2 is 2.33 bits per heavy atom. The van der Waals surface area contributed by atoms with Crippen molar-refractivity contribution in [2.75, 3.05) is 0 Å². The van der Waals surface area contributed by atoms with Crippen molar-refractivity contribution in [2.45, 2.75) is 0 Å². The first-order valence-electron chi connectivity index (χ1n) is 1.44. The molecule has 0 aliphatic carbocycles. The van der Waals surface area contributed by atoms with Gasteiger partial charge in [-0.2, -0.15) is 5.10 Å². The SMILES string of the molecule is [Eu].c1cn[nH]c1. The quantitative estimate of drug-likeness (QED) is 0.673. The molecule has 0 aliphatic rings. The number of hydrogen-bond donors (Lipinski definition) is 1. The molecule has 33 valence electrons. The molecule has 0 bridgehead atoms. The van der Waals surface area contributed by atoms with Gasteiger partial charge in [-0.25, -0.2) is 0 Å². The van der Waals surface area contributed by atoms with Gasteiger partial charge in [0.05, 0.1) is 0 Å². The topological polar surface area (TPSA) is 28.7 Å². The molecular weight excluding hydrogens is 216 g/mol. The molecule has 1 heterocycles. The largest absolute Gasteiger partial charge is 0.286 e. The van der Waals surface area contributed by atoms with Crippen LogP contribution < -0.4 is 0 Å². The summed E-state index contributed by atoms with van der Waals surface area (Å²) in [7, 11) is 0. The van der Waals surface area contributed by atoms with Crippen LogP contribution in [0.25, 0.3) is 0 Å². The van der Waals surface area contributed by atoms with E-state index < -0.39 is 0 Å². The van der Waals surface area contributed by atoms with Crippen molar-refractivity contribution in [3.63, 3.8) is 0 Å². The van der Waals surface area contributed by atoms with E-state index in [9.17, 15) is 0 Å². The summed E-state index contributed by atoms with van der Waals surface area (Å²) in [6.07, 6.45) is 3.46. The van der Waals surface area contributed by atoms with Gasteiger partial charge in [0.1, 0.15) is 0 Å². The molecule has 1 aromatic rings. The fraction of sp³-hybridized carbons (Fsp3) is 0. The van der Waals surface area contributed by atoms with Crippen molar-refractivity contribution in [3.8, 4) is 0 Å². The Bertz CT molecular complexity index is 65.3. The van der Waals surface area contributed by atoms with Gasteiger partial charge in [-0.05, 0) is 6.07 Å². The summed E-state index contributed by atoms with van der Waals surface area (Å²) in [5.41, 5.74) is 0. The van der Waals surface area contributed by atoms with Crippen LogP contribution in [0.15, 0.2) is 18.5 Å². The fourth-order valence-corrected chi connectivity index (χ4v) is 0.215. The number of aromatic amines is 1. The number of hydrogen-bond acceptors (Lipinski definition) is 1.